The van der Waals surface area contributed by atoms with Crippen LogP contribution >= 0.6 is 23.2 Å². The van der Waals surface area contributed by atoms with E-state index in [4.69, 9.17) is 28.3 Å². The molecule has 2 rings (SSSR count). The summed E-state index contributed by atoms with van der Waals surface area (Å²) in [6.07, 6.45) is 1.47. The second-order valence-corrected chi connectivity index (χ2v) is 5.45. The van der Waals surface area contributed by atoms with E-state index in [1.807, 2.05) is 0 Å². The number of nitrogens with one attached hydrogen (secondary N) is 1. The van der Waals surface area contributed by atoms with E-state index in [0.717, 1.165) is 0 Å². The zero-order valence-electron chi connectivity index (χ0n) is 10.0. The van der Waals surface area contributed by atoms with Gasteiger partial charge in [0.15, 0.2) is 0 Å². The second-order valence-electron chi connectivity index (χ2n) is 4.63. The summed E-state index contributed by atoms with van der Waals surface area (Å²) >= 11 is 11.9. The van der Waals surface area contributed by atoms with Gasteiger partial charge in [0.05, 0.1) is 21.7 Å². The van der Waals surface area contributed by atoms with Gasteiger partial charge in [-0.2, -0.15) is 0 Å². The fourth-order valence-electron chi connectivity index (χ4n) is 2.29. The van der Waals surface area contributed by atoms with Gasteiger partial charge in [-0.3, -0.25) is 9.59 Å². The van der Waals surface area contributed by atoms with E-state index in [1.54, 1.807) is 18.2 Å². The molecule has 0 spiro atoms. The van der Waals surface area contributed by atoms with Crippen molar-refractivity contribution in [2.45, 2.75) is 19.3 Å². The molecule has 2 unspecified atom stereocenters. The minimum Gasteiger partial charge on any atom is -0.481 e. The molecule has 2 N–H and O–H groups in total. The van der Waals surface area contributed by atoms with Gasteiger partial charge in [0.1, 0.15) is 0 Å². The zero-order valence-corrected chi connectivity index (χ0v) is 11.5. The Labute approximate surface area is 120 Å². The van der Waals surface area contributed by atoms with E-state index in [1.165, 1.54) is 0 Å². The Balaban J connectivity index is 2.04. The first kappa shape index (κ1) is 14.2. The molecule has 0 aromatic heterocycles. The third-order valence-electron chi connectivity index (χ3n) is 3.36. The minimum absolute atomic E-state index is 0.223. The lowest BCUT2D eigenvalue weighted by molar-refractivity contribution is -0.141. The number of benzene rings is 1. The van der Waals surface area contributed by atoms with Crippen LogP contribution in [0.15, 0.2) is 18.2 Å². The van der Waals surface area contributed by atoms with E-state index >= 15 is 0 Å². The number of hydrogen-bond acceptors (Lipinski definition) is 2. The maximum atomic E-state index is 12.1. The van der Waals surface area contributed by atoms with Crippen LogP contribution in [0.2, 0.25) is 10.0 Å². The average molecular weight is 302 g/mol. The minimum atomic E-state index is -0.842. The lowest BCUT2D eigenvalue weighted by Crippen LogP contribution is -2.22. The van der Waals surface area contributed by atoms with Gasteiger partial charge in [-0.05, 0) is 31.4 Å². The molecule has 1 aromatic carbocycles. The van der Waals surface area contributed by atoms with Crippen molar-refractivity contribution in [3.63, 3.8) is 0 Å². The van der Waals surface area contributed by atoms with Crippen molar-refractivity contribution in [1.29, 1.82) is 0 Å². The number of carboxylic acid groups (broad SMARTS) is 1. The van der Waals surface area contributed by atoms with E-state index in [2.05, 4.69) is 5.32 Å². The maximum Gasteiger partial charge on any atom is 0.306 e. The highest BCUT2D eigenvalue weighted by molar-refractivity contribution is 6.39. The molecule has 1 aromatic rings. The number of hydrogen-bond donors (Lipinski definition) is 2. The van der Waals surface area contributed by atoms with Crippen LogP contribution in [0, 0.1) is 11.8 Å². The smallest absolute Gasteiger partial charge is 0.306 e. The lowest BCUT2D eigenvalue weighted by atomic mass is 10.0. The summed E-state index contributed by atoms with van der Waals surface area (Å²) in [7, 11) is 0. The van der Waals surface area contributed by atoms with Gasteiger partial charge < -0.3 is 10.4 Å². The molecule has 0 aliphatic heterocycles. The van der Waals surface area contributed by atoms with E-state index in [-0.39, 0.29) is 11.8 Å². The molecule has 1 amide bonds. The van der Waals surface area contributed by atoms with Gasteiger partial charge >= 0.3 is 5.97 Å². The summed E-state index contributed by atoms with van der Waals surface area (Å²) < 4.78 is 0. The predicted molar refractivity (Wildman–Crippen MR) is 73.6 cm³/mol. The van der Waals surface area contributed by atoms with Gasteiger partial charge in [0.25, 0.3) is 0 Å². The Bertz CT molecular complexity index is 498. The Morgan fingerprint density at radius 2 is 1.74 bits per heavy atom. The number of aliphatic carboxylic acids is 1. The summed E-state index contributed by atoms with van der Waals surface area (Å²) in [5, 5.41) is 12.3. The number of halogens is 2. The fraction of sp³-hybridized carbons (Fsp3) is 0.385. The van der Waals surface area contributed by atoms with Crippen molar-refractivity contribution in [2.75, 3.05) is 5.32 Å². The molecule has 6 heteroatoms. The molecule has 0 saturated heterocycles. The Morgan fingerprint density at radius 1 is 1.16 bits per heavy atom. The molecular weight excluding hydrogens is 289 g/mol. The molecule has 1 aliphatic rings. The van der Waals surface area contributed by atoms with E-state index in [9.17, 15) is 9.59 Å². The average Bonchev–Trinajstić information content (AvgIpc) is 2.83. The molecule has 1 fully saturated rings. The van der Waals surface area contributed by atoms with Crippen LogP contribution in [0.25, 0.3) is 0 Å². The third-order valence-corrected chi connectivity index (χ3v) is 3.99. The first-order valence-corrected chi connectivity index (χ1v) is 6.72. The number of carboxylic acids is 1. The van der Waals surface area contributed by atoms with Crippen molar-refractivity contribution in [3.05, 3.63) is 28.2 Å². The number of rotatable bonds is 3. The lowest BCUT2D eigenvalue weighted by Gasteiger charge is -2.13. The van der Waals surface area contributed by atoms with Crippen LogP contribution < -0.4 is 5.32 Å². The number of amides is 1. The molecule has 2 atom stereocenters. The van der Waals surface area contributed by atoms with Crippen molar-refractivity contribution in [2.24, 2.45) is 11.8 Å². The molecule has 1 saturated carbocycles. The molecule has 0 radical (unpaired) electrons. The monoisotopic (exact) mass is 301 g/mol. The Hall–Kier alpha value is -1.26. The second kappa shape index (κ2) is 5.80. The van der Waals surface area contributed by atoms with Crippen LogP contribution in [0.3, 0.4) is 0 Å². The highest BCUT2D eigenvalue weighted by Gasteiger charge is 2.34. The van der Waals surface area contributed by atoms with Gasteiger partial charge in [0, 0.05) is 5.92 Å². The van der Waals surface area contributed by atoms with Crippen molar-refractivity contribution >= 4 is 40.8 Å². The quantitative estimate of drug-likeness (QED) is 0.899. The van der Waals surface area contributed by atoms with Crippen LogP contribution in [0.1, 0.15) is 19.3 Å². The van der Waals surface area contributed by atoms with Crippen LogP contribution in [-0.2, 0) is 9.59 Å². The normalized spacial score (nSPS) is 22.2. The van der Waals surface area contributed by atoms with Gasteiger partial charge in [-0.15, -0.1) is 0 Å². The van der Waals surface area contributed by atoms with Gasteiger partial charge in [-0.25, -0.2) is 0 Å². The van der Waals surface area contributed by atoms with Gasteiger partial charge in [-0.1, -0.05) is 29.3 Å². The zero-order chi connectivity index (χ0) is 14.0. The highest BCUT2D eigenvalue weighted by Crippen LogP contribution is 2.34. The molecule has 4 nitrogen and oxygen atoms in total. The number of carbonyl (C=O) groups excluding carboxylic acids is 1. The summed E-state index contributed by atoms with van der Waals surface area (Å²) in [5.41, 5.74) is 0.384. The SMILES string of the molecule is O=C(O)C1CCC(C(=O)Nc2c(Cl)cccc2Cl)C1. The topological polar surface area (TPSA) is 66.4 Å². The summed E-state index contributed by atoms with van der Waals surface area (Å²) in [4.78, 5) is 22.9. The summed E-state index contributed by atoms with van der Waals surface area (Å²) in [6, 6.07) is 4.96. The molecule has 102 valence electrons. The first-order valence-electron chi connectivity index (χ1n) is 5.96. The van der Waals surface area contributed by atoms with Crippen molar-refractivity contribution < 1.29 is 14.7 Å². The highest BCUT2D eigenvalue weighted by atomic mass is 35.5. The summed E-state index contributed by atoms with van der Waals surface area (Å²) in [6.45, 7) is 0. The van der Waals surface area contributed by atoms with Crippen molar-refractivity contribution in [1.82, 2.24) is 0 Å². The number of anilines is 1. The fourth-order valence-corrected chi connectivity index (χ4v) is 2.78. The molecular formula is C13H13Cl2NO3. The van der Waals surface area contributed by atoms with E-state index < -0.39 is 11.9 Å². The standard InChI is InChI=1S/C13H13Cl2NO3/c14-9-2-1-3-10(15)11(9)16-12(17)7-4-5-8(6-7)13(18)19/h1-3,7-8H,4-6H2,(H,16,17)(H,18,19). The Kier molecular flexibility index (Phi) is 4.32. The van der Waals surface area contributed by atoms with Gasteiger partial charge in [0.2, 0.25) is 5.91 Å². The summed E-state index contributed by atoms with van der Waals surface area (Å²) in [5.74, 6) is -1.80. The van der Waals surface area contributed by atoms with Crippen LogP contribution in [-0.4, -0.2) is 17.0 Å². The molecule has 0 heterocycles. The van der Waals surface area contributed by atoms with Crippen molar-refractivity contribution in [3.8, 4) is 0 Å². The first-order chi connectivity index (χ1) is 8.99. The van der Waals surface area contributed by atoms with Crippen LogP contribution in [0.4, 0.5) is 5.69 Å². The number of carbonyl (C=O) groups is 2. The molecule has 1 aliphatic carbocycles. The van der Waals surface area contributed by atoms with E-state index in [0.29, 0.717) is 35.0 Å². The predicted octanol–water partition coefficient (Wildman–Crippen LogP) is 3.43. The van der Waals surface area contributed by atoms with Crippen LogP contribution in [0.5, 0.6) is 0 Å². The third kappa shape index (κ3) is 3.19. The number of para-hydroxylation sites is 1. The maximum absolute atomic E-state index is 12.1. The molecule has 0 bridgehead atoms. The molecule has 19 heavy (non-hydrogen) atoms. The largest absolute Gasteiger partial charge is 0.481 e. The Morgan fingerprint density at radius 3 is 2.26 bits per heavy atom.